The average Bonchev–Trinajstić information content (AvgIpc) is 2.99. The van der Waals surface area contributed by atoms with E-state index >= 15 is 0 Å². The summed E-state index contributed by atoms with van der Waals surface area (Å²) in [7, 11) is 1.56. The topological polar surface area (TPSA) is 113 Å². The van der Waals surface area contributed by atoms with Gasteiger partial charge in [-0.15, -0.1) is 0 Å². The van der Waals surface area contributed by atoms with Gasteiger partial charge in [0, 0.05) is 11.6 Å². The van der Waals surface area contributed by atoms with Crippen LogP contribution in [0.1, 0.15) is 28.2 Å². The number of nitrogens with zero attached hydrogens (tertiary/aromatic N) is 1. The van der Waals surface area contributed by atoms with Gasteiger partial charge in [-0.05, 0) is 47.9 Å². The van der Waals surface area contributed by atoms with Crippen molar-refractivity contribution in [2.75, 3.05) is 13.7 Å². The molecular weight excluding hydrogens is 520 g/mol. The zero-order valence-corrected chi connectivity index (χ0v) is 22.6. The summed E-state index contributed by atoms with van der Waals surface area (Å²) in [5.74, 6) is 1.19. The summed E-state index contributed by atoms with van der Waals surface area (Å²) in [6.07, 6.45) is 0. The van der Waals surface area contributed by atoms with Crippen molar-refractivity contribution in [3.05, 3.63) is 125 Å². The lowest BCUT2D eigenvalue weighted by Gasteiger charge is -2.27. The van der Waals surface area contributed by atoms with E-state index in [1.807, 2.05) is 73.7 Å². The fourth-order valence-electron chi connectivity index (χ4n) is 4.58. The van der Waals surface area contributed by atoms with E-state index in [9.17, 15) is 10.1 Å². The molecule has 0 radical (unpaired) electrons. The number of hydrogen-bond acceptors (Lipinski definition) is 8. The third kappa shape index (κ3) is 6.10. The van der Waals surface area contributed by atoms with Gasteiger partial charge in [0.05, 0.1) is 13.0 Å². The van der Waals surface area contributed by atoms with Gasteiger partial charge in [0.2, 0.25) is 5.88 Å². The van der Waals surface area contributed by atoms with Gasteiger partial charge in [0.15, 0.2) is 18.1 Å². The second-order valence-corrected chi connectivity index (χ2v) is 9.34. The number of nitrogens with two attached hydrogens (primary N) is 1. The number of ether oxygens (including phenoxy) is 5. The number of para-hydroxylation sites is 1. The molecule has 4 aromatic carbocycles. The molecule has 8 heteroatoms. The first kappa shape index (κ1) is 27.2. The molecule has 5 rings (SSSR count). The fraction of sp³-hybridized carbons (Fsp3) is 0.152. The highest BCUT2D eigenvalue weighted by Gasteiger charge is 2.32. The molecule has 1 heterocycles. The van der Waals surface area contributed by atoms with Crippen LogP contribution in [0.5, 0.6) is 28.7 Å². The predicted molar refractivity (Wildman–Crippen MR) is 152 cm³/mol. The second-order valence-electron chi connectivity index (χ2n) is 9.34. The Morgan fingerprint density at radius 3 is 2.46 bits per heavy atom. The highest BCUT2D eigenvalue weighted by atomic mass is 16.6. The lowest BCUT2D eigenvalue weighted by Crippen LogP contribution is -2.22. The molecule has 1 unspecified atom stereocenters. The standard InChI is InChI=1S/C33H28N2O6/c1-21-8-6-7-11-27(21)39-20-31(36)40-24-13-14-25-29(17-24)41-33(35)26(18-34)32(25)23-12-15-28(30(16-23)37-2)38-19-22-9-4-3-5-10-22/h3-17,32H,19-20,35H2,1-2H3. The molecule has 206 valence electrons. The number of esters is 1. The summed E-state index contributed by atoms with van der Waals surface area (Å²) in [5, 5.41) is 9.95. The predicted octanol–water partition coefficient (Wildman–Crippen LogP) is 5.79. The smallest absolute Gasteiger partial charge is 0.349 e. The number of fused-ring (bicyclic) bond motifs is 1. The van der Waals surface area contributed by atoms with Crippen LogP contribution >= 0.6 is 0 Å². The molecular formula is C33H28N2O6. The maximum absolute atomic E-state index is 12.5. The summed E-state index contributed by atoms with van der Waals surface area (Å²) in [6.45, 7) is 2.02. The van der Waals surface area contributed by atoms with E-state index in [2.05, 4.69) is 6.07 Å². The lowest BCUT2D eigenvalue weighted by atomic mass is 9.83. The first-order valence-corrected chi connectivity index (χ1v) is 12.9. The Morgan fingerprint density at radius 1 is 0.927 bits per heavy atom. The van der Waals surface area contributed by atoms with Crippen molar-refractivity contribution >= 4 is 5.97 Å². The number of benzene rings is 4. The van der Waals surface area contributed by atoms with Gasteiger partial charge in [-0.3, -0.25) is 0 Å². The van der Waals surface area contributed by atoms with Crippen LogP contribution in [0.3, 0.4) is 0 Å². The molecule has 0 saturated heterocycles. The Hall–Kier alpha value is -5.42. The van der Waals surface area contributed by atoms with Crippen LogP contribution in [-0.4, -0.2) is 19.7 Å². The van der Waals surface area contributed by atoms with Crippen molar-refractivity contribution in [1.29, 1.82) is 5.26 Å². The number of aryl methyl sites for hydroxylation is 1. The van der Waals surface area contributed by atoms with E-state index in [4.69, 9.17) is 29.4 Å². The Labute approximate surface area is 238 Å². The minimum absolute atomic E-state index is 0.0280. The molecule has 0 bridgehead atoms. The van der Waals surface area contributed by atoms with Gasteiger partial charge in [0.25, 0.3) is 0 Å². The van der Waals surface area contributed by atoms with Gasteiger partial charge in [-0.1, -0.05) is 60.7 Å². The molecule has 2 N–H and O–H groups in total. The molecule has 41 heavy (non-hydrogen) atoms. The fourth-order valence-corrected chi connectivity index (χ4v) is 4.58. The second kappa shape index (κ2) is 12.2. The summed E-state index contributed by atoms with van der Waals surface area (Å²) in [4.78, 5) is 12.5. The van der Waals surface area contributed by atoms with E-state index in [0.717, 1.165) is 16.7 Å². The third-order valence-electron chi connectivity index (χ3n) is 6.62. The van der Waals surface area contributed by atoms with Crippen molar-refractivity contribution in [3.8, 4) is 34.8 Å². The maximum atomic E-state index is 12.5. The Bertz CT molecular complexity index is 1640. The first-order chi connectivity index (χ1) is 20.0. The molecule has 4 aromatic rings. The molecule has 0 aromatic heterocycles. The Kier molecular flexibility index (Phi) is 8.07. The Morgan fingerprint density at radius 2 is 1.71 bits per heavy atom. The summed E-state index contributed by atoms with van der Waals surface area (Å²) < 4.78 is 28.5. The number of carbonyl (C=O) groups excluding carboxylic acids is 1. The van der Waals surface area contributed by atoms with E-state index in [1.165, 1.54) is 0 Å². The van der Waals surface area contributed by atoms with Crippen molar-refractivity contribution < 1.29 is 28.5 Å². The van der Waals surface area contributed by atoms with Crippen LogP contribution in [0.25, 0.3) is 0 Å². The molecule has 0 fully saturated rings. The number of hydrogen-bond donors (Lipinski definition) is 1. The lowest BCUT2D eigenvalue weighted by molar-refractivity contribution is -0.136. The number of allylic oxidation sites excluding steroid dienone is 1. The molecule has 0 amide bonds. The summed E-state index contributed by atoms with van der Waals surface area (Å²) in [5.41, 5.74) is 9.82. The van der Waals surface area contributed by atoms with Gasteiger partial charge in [-0.2, -0.15) is 5.26 Å². The van der Waals surface area contributed by atoms with E-state index < -0.39 is 11.9 Å². The molecule has 0 spiro atoms. The van der Waals surface area contributed by atoms with E-state index in [0.29, 0.717) is 35.2 Å². The van der Waals surface area contributed by atoms with Crippen LogP contribution in [0.2, 0.25) is 0 Å². The van der Waals surface area contributed by atoms with Crippen LogP contribution < -0.4 is 29.4 Å². The minimum Gasteiger partial charge on any atom is -0.493 e. The summed E-state index contributed by atoms with van der Waals surface area (Å²) in [6, 6.07) is 29.9. The molecule has 1 atom stereocenters. The maximum Gasteiger partial charge on any atom is 0.349 e. The van der Waals surface area contributed by atoms with Crippen LogP contribution in [0, 0.1) is 18.3 Å². The largest absolute Gasteiger partial charge is 0.493 e. The molecule has 0 aliphatic carbocycles. The third-order valence-corrected chi connectivity index (χ3v) is 6.62. The van der Waals surface area contributed by atoms with Crippen molar-refractivity contribution in [1.82, 2.24) is 0 Å². The zero-order chi connectivity index (χ0) is 28.8. The number of rotatable bonds is 9. The average molecular weight is 549 g/mol. The number of nitriles is 1. The highest BCUT2D eigenvalue weighted by molar-refractivity contribution is 5.74. The highest BCUT2D eigenvalue weighted by Crippen LogP contribution is 2.45. The van der Waals surface area contributed by atoms with Gasteiger partial charge in [0.1, 0.15) is 35.5 Å². The number of methoxy groups -OCH3 is 1. The van der Waals surface area contributed by atoms with Gasteiger partial charge >= 0.3 is 5.97 Å². The number of carbonyl (C=O) groups is 1. The molecule has 8 nitrogen and oxygen atoms in total. The molecule has 1 aliphatic rings. The molecule has 0 saturated carbocycles. The first-order valence-electron chi connectivity index (χ1n) is 12.9. The van der Waals surface area contributed by atoms with E-state index in [1.54, 1.807) is 31.4 Å². The van der Waals surface area contributed by atoms with Crippen molar-refractivity contribution in [2.45, 2.75) is 19.4 Å². The van der Waals surface area contributed by atoms with Crippen molar-refractivity contribution in [3.63, 3.8) is 0 Å². The monoisotopic (exact) mass is 548 g/mol. The normalized spacial score (nSPS) is 13.8. The van der Waals surface area contributed by atoms with Crippen LogP contribution in [-0.2, 0) is 11.4 Å². The summed E-state index contributed by atoms with van der Waals surface area (Å²) >= 11 is 0. The SMILES string of the molecule is COc1cc(C2C(C#N)=C(N)Oc3cc(OC(=O)COc4ccccc4C)ccc32)ccc1OCc1ccccc1. The quantitative estimate of drug-likeness (QED) is 0.207. The van der Waals surface area contributed by atoms with Crippen LogP contribution in [0.4, 0.5) is 0 Å². The molecule has 1 aliphatic heterocycles. The van der Waals surface area contributed by atoms with Gasteiger partial charge in [-0.25, -0.2) is 4.79 Å². The van der Waals surface area contributed by atoms with E-state index in [-0.39, 0.29) is 23.8 Å². The van der Waals surface area contributed by atoms with Gasteiger partial charge < -0.3 is 29.4 Å². The Balaban J connectivity index is 1.36. The zero-order valence-electron chi connectivity index (χ0n) is 22.6. The minimum atomic E-state index is -0.572. The van der Waals surface area contributed by atoms with Crippen molar-refractivity contribution in [2.24, 2.45) is 5.73 Å². The van der Waals surface area contributed by atoms with Crippen LogP contribution in [0.15, 0.2) is 102 Å².